The number of unbranched alkanes of at least 4 members (excludes halogenated alkanes) is 1. The lowest BCUT2D eigenvalue weighted by molar-refractivity contribution is 0.308. The maximum Gasteiger partial charge on any atom is 0.121 e. The molecule has 0 aliphatic heterocycles. The Hall–Kier alpha value is -1.22. The molecule has 0 saturated heterocycles. The molecule has 14 heavy (non-hydrogen) atoms. The Morgan fingerprint density at radius 1 is 1.21 bits per heavy atom. The zero-order valence-corrected chi connectivity index (χ0v) is 8.62. The van der Waals surface area contributed by atoms with E-state index in [0.717, 1.165) is 36.4 Å². The van der Waals surface area contributed by atoms with Gasteiger partial charge >= 0.3 is 0 Å². The first kappa shape index (κ1) is 10.9. The summed E-state index contributed by atoms with van der Waals surface area (Å²) in [6.07, 6.45) is 1.99. The number of nitrogen functional groups attached to an aromatic ring is 1. The summed E-state index contributed by atoms with van der Waals surface area (Å²) in [5.41, 5.74) is 12.9. The molecule has 0 spiro atoms. The van der Waals surface area contributed by atoms with Gasteiger partial charge in [0.15, 0.2) is 0 Å². The van der Waals surface area contributed by atoms with Crippen LogP contribution in [0.15, 0.2) is 18.2 Å². The van der Waals surface area contributed by atoms with E-state index in [1.54, 1.807) is 0 Å². The van der Waals surface area contributed by atoms with Crippen molar-refractivity contribution in [2.45, 2.75) is 19.8 Å². The average molecular weight is 194 g/mol. The van der Waals surface area contributed by atoms with Gasteiger partial charge < -0.3 is 16.2 Å². The Labute approximate surface area is 85.0 Å². The smallest absolute Gasteiger partial charge is 0.121 e. The van der Waals surface area contributed by atoms with Gasteiger partial charge in [-0.3, -0.25) is 0 Å². The van der Waals surface area contributed by atoms with E-state index in [4.69, 9.17) is 16.2 Å². The van der Waals surface area contributed by atoms with Gasteiger partial charge in [-0.05, 0) is 44.0 Å². The SMILES string of the molecule is Cc1cc(N)cc(OCCCCN)c1. The second kappa shape index (κ2) is 5.50. The van der Waals surface area contributed by atoms with E-state index in [2.05, 4.69) is 0 Å². The Kier molecular flexibility index (Phi) is 4.26. The van der Waals surface area contributed by atoms with E-state index in [0.29, 0.717) is 6.61 Å². The van der Waals surface area contributed by atoms with Crippen molar-refractivity contribution >= 4 is 5.69 Å². The highest BCUT2D eigenvalue weighted by molar-refractivity contribution is 5.47. The highest BCUT2D eigenvalue weighted by atomic mass is 16.5. The number of anilines is 1. The molecule has 78 valence electrons. The Balaban J connectivity index is 2.42. The molecule has 0 fully saturated rings. The predicted octanol–water partition coefficient (Wildman–Crippen LogP) is 1.69. The van der Waals surface area contributed by atoms with Crippen LogP contribution in [-0.2, 0) is 0 Å². The molecule has 0 heterocycles. The van der Waals surface area contributed by atoms with Gasteiger partial charge in [-0.25, -0.2) is 0 Å². The molecule has 3 nitrogen and oxygen atoms in total. The quantitative estimate of drug-likeness (QED) is 0.554. The van der Waals surface area contributed by atoms with Crippen LogP contribution in [-0.4, -0.2) is 13.2 Å². The molecule has 4 N–H and O–H groups in total. The van der Waals surface area contributed by atoms with E-state index in [1.165, 1.54) is 0 Å². The Bertz CT molecular complexity index is 266. The zero-order chi connectivity index (χ0) is 10.4. The minimum atomic E-state index is 0.708. The molecular formula is C11H18N2O. The van der Waals surface area contributed by atoms with Gasteiger partial charge in [-0.1, -0.05) is 0 Å². The van der Waals surface area contributed by atoms with Crippen molar-refractivity contribution in [1.82, 2.24) is 0 Å². The van der Waals surface area contributed by atoms with Gasteiger partial charge in [0.05, 0.1) is 6.61 Å². The summed E-state index contributed by atoms with van der Waals surface area (Å²) in [4.78, 5) is 0. The molecule has 0 aromatic heterocycles. The van der Waals surface area contributed by atoms with E-state index >= 15 is 0 Å². The van der Waals surface area contributed by atoms with Crippen molar-refractivity contribution in [3.8, 4) is 5.75 Å². The maximum absolute atomic E-state index is 5.69. The van der Waals surface area contributed by atoms with Crippen molar-refractivity contribution in [2.75, 3.05) is 18.9 Å². The van der Waals surface area contributed by atoms with Gasteiger partial charge in [0.1, 0.15) is 5.75 Å². The third-order valence-corrected chi connectivity index (χ3v) is 1.94. The van der Waals surface area contributed by atoms with Crippen LogP contribution < -0.4 is 16.2 Å². The first-order valence-electron chi connectivity index (χ1n) is 4.92. The monoisotopic (exact) mass is 194 g/mol. The molecule has 0 radical (unpaired) electrons. The van der Waals surface area contributed by atoms with E-state index < -0.39 is 0 Å². The van der Waals surface area contributed by atoms with Crippen LogP contribution in [0.4, 0.5) is 5.69 Å². The minimum Gasteiger partial charge on any atom is -0.494 e. The van der Waals surface area contributed by atoms with E-state index in [-0.39, 0.29) is 0 Å². The molecule has 0 unspecified atom stereocenters. The van der Waals surface area contributed by atoms with Crippen LogP contribution in [0.5, 0.6) is 5.75 Å². The molecular weight excluding hydrogens is 176 g/mol. The van der Waals surface area contributed by atoms with E-state index in [1.807, 2.05) is 25.1 Å². The molecule has 0 atom stereocenters. The fraction of sp³-hybridized carbons (Fsp3) is 0.455. The van der Waals surface area contributed by atoms with Crippen molar-refractivity contribution in [3.63, 3.8) is 0 Å². The number of hydrogen-bond donors (Lipinski definition) is 2. The first-order chi connectivity index (χ1) is 6.72. The maximum atomic E-state index is 5.69. The largest absolute Gasteiger partial charge is 0.494 e. The standard InChI is InChI=1S/C11H18N2O/c1-9-6-10(13)8-11(7-9)14-5-3-2-4-12/h6-8H,2-5,12-13H2,1H3. The van der Waals surface area contributed by atoms with Crippen molar-refractivity contribution in [3.05, 3.63) is 23.8 Å². The fourth-order valence-electron chi connectivity index (χ4n) is 1.30. The molecule has 1 rings (SSSR count). The third kappa shape index (κ3) is 3.66. The summed E-state index contributed by atoms with van der Waals surface area (Å²) < 4.78 is 5.53. The van der Waals surface area contributed by atoms with Crippen LogP contribution in [0.3, 0.4) is 0 Å². The van der Waals surface area contributed by atoms with Crippen LogP contribution in [0, 0.1) is 6.92 Å². The van der Waals surface area contributed by atoms with Crippen molar-refractivity contribution in [2.24, 2.45) is 5.73 Å². The first-order valence-corrected chi connectivity index (χ1v) is 4.92. The molecule has 0 aliphatic rings. The molecule has 0 saturated carbocycles. The molecule has 0 aliphatic carbocycles. The van der Waals surface area contributed by atoms with Crippen LogP contribution in [0.2, 0.25) is 0 Å². The molecule has 3 heteroatoms. The highest BCUT2D eigenvalue weighted by Gasteiger charge is 1.96. The summed E-state index contributed by atoms with van der Waals surface area (Å²) in [7, 11) is 0. The fourth-order valence-corrected chi connectivity index (χ4v) is 1.30. The highest BCUT2D eigenvalue weighted by Crippen LogP contribution is 2.18. The van der Waals surface area contributed by atoms with Crippen LogP contribution in [0.1, 0.15) is 18.4 Å². The number of nitrogens with two attached hydrogens (primary N) is 2. The third-order valence-electron chi connectivity index (χ3n) is 1.94. The number of rotatable bonds is 5. The second-order valence-corrected chi connectivity index (χ2v) is 3.42. The van der Waals surface area contributed by atoms with Crippen LogP contribution in [0.25, 0.3) is 0 Å². The van der Waals surface area contributed by atoms with Gasteiger partial charge in [-0.15, -0.1) is 0 Å². The summed E-state index contributed by atoms with van der Waals surface area (Å²) in [5.74, 6) is 0.847. The lowest BCUT2D eigenvalue weighted by Gasteiger charge is -2.07. The lowest BCUT2D eigenvalue weighted by Crippen LogP contribution is -2.03. The van der Waals surface area contributed by atoms with E-state index in [9.17, 15) is 0 Å². The second-order valence-electron chi connectivity index (χ2n) is 3.42. The minimum absolute atomic E-state index is 0.708. The topological polar surface area (TPSA) is 61.3 Å². The number of hydrogen-bond acceptors (Lipinski definition) is 3. The van der Waals surface area contributed by atoms with Crippen LogP contribution >= 0.6 is 0 Å². The van der Waals surface area contributed by atoms with Gasteiger partial charge in [0.25, 0.3) is 0 Å². The lowest BCUT2D eigenvalue weighted by atomic mass is 10.2. The van der Waals surface area contributed by atoms with Crippen molar-refractivity contribution in [1.29, 1.82) is 0 Å². The Morgan fingerprint density at radius 2 is 2.00 bits per heavy atom. The summed E-state index contributed by atoms with van der Waals surface area (Å²) >= 11 is 0. The number of ether oxygens (including phenoxy) is 1. The molecule has 0 amide bonds. The molecule has 1 aromatic carbocycles. The normalized spacial score (nSPS) is 10.1. The molecule has 0 bridgehead atoms. The number of benzene rings is 1. The summed E-state index contributed by atoms with van der Waals surface area (Å²) in [5, 5.41) is 0. The summed E-state index contributed by atoms with van der Waals surface area (Å²) in [6, 6.07) is 5.75. The predicted molar refractivity (Wildman–Crippen MR) is 59.4 cm³/mol. The summed E-state index contributed by atoms with van der Waals surface area (Å²) in [6.45, 7) is 3.43. The van der Waals surface area contributed by atoms with Gasteiger partial charge in [0, 0.05) is 11.8 Å². The van der Waals surface area contributed by atoms with Crippen molar-refractivity contribution < 1.29 is 4.74 Å². The average Bonchev–Trinajstić information content (AvgIpc) is 2.11. The van der Waals surface area contributed by atoms with Gasteiger partial charge in [0.2, 0.25) is 0 Å². The Morgan fingerprint density at radius 3 is 2.64 bits per heavy atom. The van der Waals surface area contributed by atoms with Gasteiger partial charge in [-0.2, -0.15) is 0 Å². The zero-order valence-electron chi connectivity index (χ0n) is 8.62. The molecule has 1 aromatic rings. The number of aryl methyl sites for hydroxylation is 1.